The summed E-state index contributed by atoms with van der Waals surface area (Å²) in [6.45, 7) is 0.846. The molecule has 0 radical (unpaired) electrons. The molecule has 2 aliphatic heterocycles. The fraction of sp³-hybridized carbons (Fsp3) is 1.00. The third-order valence-corrected chi connectivity index (χ3v) is 3.94. The van der Waals surface area contributed by atoms with Gasteiger partial charge in [-0.1, -0.05) is 0 Å². The van der Waals surface area contributed by atoms with Crippen molar-refractivity contribution < 1.29 is 50.0 Å². The Hall–Kier alpha value is -0.400. The van der Waals surface area contributed by atoms with E-state index in [0.717, 1.165) is 0 Å². The van der Waals surface area contributed by atoms with E-state index >= 15 is 0 Å². The van der Waals surface area contributed by atoms with Crippen molar-refractivity contribution in [3.63, 3.8) is 0 Å². The summed E-state index contributed by atoms with van der Waals surface area (Å²) >= 11 is 0. The van der Waals surface area contributed by atoms with Gasteiger partial charge in [-0.3, -0.25) is 0 Å². The van der Waals surface area contributed by atoms with Crippen molar-refractivity contribution in [2.45, 2.75) is 68.3 Å². The van der Waals surface area contributed by atoms with E-state index < -0.39 is 68.0 Å². The molecular formula is C12H22O10. The molecule has 2 rings (SSSR count). The molecule has 10 atom stereocenters. The molecule has 0 saturated carbocycles. The molecule has 0 aliphatic carbocycles. The molecule has 0 bridgehead atoms. The predicted octanol–water partition coefficient (Wildman–Crippen LogP) is -4.37. The van der Waals surface area contributed by atoms with Gasteiger partial charge in [-0.15, -0.1) is 0 Å². The van der Waals surface area contributed by atoms with Gasteiger partial charge < -0.3 is 50.0 Å². The smallest absolute Gasteiger partial charge is 0.187 e. The molecule has 2 fully saturated rings. The highest BCUT2D eigenvalue weighted by atomic mass is 16.7. The van der Waals surface area contributed by atoms with Crippen LogP contribution in [0.5, 0.6) is 0 Å². The van der Waals surface area contributed by atoms with Crippen LogP contribution in [0.25, 0.3) is 0 Å². The topological polar surface area (TPSA) is 169 Å². The van der Waals surface area contributed by atoms with Gasteiger partial charge in [-0.2, -0.15) is 0 Å². The van der Waals surface area contributed by atoms with Crippen molar-refractivity contribution in [1.29, 1.82) is 0 Å². The molecule has 2 saturated heterocycles. The number of hydrogen-bond acceptors (Lipinski definition) is 10. The maximum atomic E-state index is 9.92. The Morgan fingerprint density at radius 1 is 0.818 bits per heavy atom. The zero-order valence-electron chi connectivity index (χ0n) is 11.8. The van der Waals surface area contributed by atoms with Crippen molar-refractivity contribution in [3.05, 3.63) is 0 Å². The maximum absolute atomic E-state index is 9.92. The lowest BCUT2D eigenvalue weighted by molar-refractivity contribution is -0.351. The lowest BCUT2D eigenvalue weighted by Gasteiger charge is -2.44. The van der Waals surface area contributed by atoms with Gasteiger partial charge in [0, 0.05) is 0 Å². The van der Waals surface area contributed by atoms with Crippen LogP contribution in [0.15, 0.2) is 0 Å². The monoisotopic (exact) mass is 326 g/mol. The van der Waals surface area contributed by atoms with Crippen LogP contribution in [-0.2, 0) is 14.2 Å². The summed E-state index contributed by atoms with van der Waals surface area (Å²) in [5.41, 5.74) is 0. The van der Waals surface area contributed by atoms with E-state index in [4.69, 9.17) is 19.3 Å². The fourth-order valence-electron chi connectivity index (χ4n) is 2.54. The molecule has 0 aromatic heterocycles. The third-order valence-electron chi connectivity index (χ3n) is 3.94. The minimum Gasteiger partial charge on any atom is -0.394 e. The second-order valence-corrected chi connectivity index (χ2v) is 5.51. The van der Waals surface area contributed by atoms with Crippen molar-refractivity contribution in [3.8, 4) is 0 Å². The van der Waals surface area contributed by atoms with Gasteiger partial charge >= 0.3 is 0 Å². The van der Waals surface area contributed by atoms with Crippen LogP contribution in [0.4, 0.5) is 0 Å². The quantitative estimate of drug-likeness (QED) is 0.269. The summed E-state index contributed by atoms with van der Waals surface area (Å²) in [4.78, 5) is 0. The molecule has 22 heavy (non-hydrogen) atoms. The summed E-state index contributed by atoms with van der Waals surface area (Å²) in [5.74, 6) is 0. The average Bonchev–Trinajstić information content (AvgIpc) is 2.49. The van der Waals surface area contributed by atoms with Crippen molar-refractivity contribution in [2.24, 2.45) is 0 Å². The Bertz CT molecular complexity index is 366. The van der Waals surface area contributed by atoms with Crippen LogP contribution >= 0.6 is 0 Å². The normalized spacial score (nSPS) is 53.5. The Labute approximate surface area is 126 Å². The largest absolute Gasteiger partial charge is 0.394 e. The summed E-state index contributed by atoms with van der Waals surface area (Å²) in [6, 6.07) is 0. The molecule has 10 heteroatoms. The third kappa shape index (κ3) is 3.26. The molecule has 2 heterocycles. The first-order chi connectivity index (χ1) is 10.3. The van der Waals surface area contributed by atoms with Gasteiger partial charge in [0.25, 0.3) is 0 Å². The minimum atomic E-state index is -1.64. The van der Waals surface area contributed by atoms with Gasteiger partial charge in [0.15, 0.2) is 12.6 Å². The van der Waals surface area contributed by atoms with Crippen molar-refractivity contribution >= 4 is 0 Å². The average molecular weight is 326 g/mol. The fourth-order valence-corrected chi connectivity index (χ4v) is 2.54. The van der Waals surface area contributed by atoms with Gasteiger partial charge in [0.05, 0.1) is 12.7 Å². The Morgan fingerprint density at radius 3 is 2.05 bits per heavy atom. The summed E-state index contributed by atoms with van der Waals surface area (Å²) < 4.78 is 15.5. The van der Waals surface area contributed by atoms with Crippen molar-refractivity contribution in [1.82, 2.24) is 0 Å². The molecule has 0 unspecified atom stereocenters. The lowest BCUT2D eigenvalue weighted by atomic mass is 9.97. The number of ether oxygens (including phenoxy) is 3. The Balaban J connectivity index is 2.08. The number of rotatable bonds is 3. The minimum absolute atomic E-state index is 0.620. The number of hydrogen-bond donors (Lipinski definition) is 7. The van der Waals surface area contributed by atoms with Crippen LogP contribution in [0.3, 0.4) is 0 Å². The molecule has 10 nitrogen and oxygen atoms in total. The number of aliphatic hydroxyl groups excluding tert-OH is 7. The highest BCUT2D eigenvalue weighted by Crippen LogP contribution is 2.28. The molecule has 0 amide bonds. The lowest BCUT2D eigenvalue weighted by Crippen LogP contribution is -2.63. The van der Waals surface area contributed by atoms with Gasteiger partial charge in [-0.05, 0) is 6.92 Å². The van der Waals surface area contributed by atoms with Crippen LogP contribution in [0.2, 0.25) is 0 Å². The van der Waals surface area contributed by atoms with E-state index in [9.17, 15) is 30.6 Å². The van der Waals surface area contributed by atoms with E-state index in [1.165, 1.54) is 6.92 Å². The maximum Gasteiger partial charge on any atom is 0.187 e. The Kier molecular flexibility index (Phi) is 5.72. The van der Waals surface area contributed by atoms with Crippen molar-refractivity contribution in [2.75, 3.05) is 6.61 Å². The van der Waals surface area contributed by atoms with Crippen LogP contribution < -0.4 is 0 Å². The summed E-state index contributed by atoms with van der Waals surface area (Å²) in [5, 5.41) is 67.2. The van der Waals surface area contributed by atoms with E-state index in [0.29, 0.717) is 0 Å². The summed E-state index contributed by atoms with van der Waals surface area (Å²) in [6.07, 6.45) is -14.2. The highest BCUT2D eigenvalue weighted by molar-refractivity contribution is 4.92. The molecule has 0 spiro atoms. The SMILES string of the molecule is C[C@H]1O[C@@H](O)[C@H](O)[C@@H](O)[C@@H]1O[C@@H]1O[C@H](CO)[C@H](O)[C@H](O)[C@H]1O. The van der Waals surface area contributed by atoms with Gasteiger partial charge in [0.2, 0.25) is 0 Å². The van der Waals surface area contributed by atoms with Gasteiger partial charge in [0.1, 0.15) is 42.7 Å². The molecule has 7 N–H and O–H groups in total. The number of aliphatic hydroxyl groups is 7. The van der Waals surface area contributed by atoms with E-state index in [1.54, 1.807) is 0 Å². The Morgan fingerprint density at radius 2 is 1.45 bits per heavy atom. The highest BCUT2D eigenvalue weighted by Gasteiger charge is 2.49. The zero-order chi connectivity index (χ0) is 16.6. The second-order valence-electron chi connectivity index (χ2n) is 5.51. The van der Waals surface area contributed by atoms with E-state index in [-0.39, 0.29) is 0 Å². The molecule has 0 aromatic rings. The van der Waals surface area contributed by atoms with E-state index in [2.05, 4.69) is 0 Å². The second kappa shape index (κ2) is 7.01. The first-order valence-electron chi connectivity index (χ1n) is 6.93. The first kappa shape index (κ1) is 17.9. The molecule has 2 aliphatic rings. The first-order valence-corrected chi connectivity index (χ1v) is 6.93. The van der Waals surface area contributed by atoms with Crippen LogP contribution in [0, 0.1) is 0 Å². The van der Waals surface area contributed by atoms with E-state index in [1.807, 2.05) is 0 Å². The molecule has 0 aromatic carbocycles. The molecular weight excluding hydrogens is 304 g/mol. The zero-order valence-corrected chi connectivity index (χ0v) is 11.8. The summed E-state index contributed by atoms with van der Waals surface area (Å²) in [7, 11) is 0. The standard InChI is InChI=1S/C12H22O10/c1-3-10(7(16)8(17)11(19)20-3)22-12-9(18)6(15)5(14)4(2-13)21-12/h3-19H,2H2,1H3/t3-,4-,5+,6+,7-,8-,9-,10-,11-,12+/m1/s1. The van der Waals surface area contributed by atoms with Crippen LogP contribution in [-0.4, -0.2) is 104 Å². The van der Waals surface area contributed by atoms with Crippen LogP contribution in [0.1, 0.15) is 6.92 Å². The van der Waals surface area contributed by atoms with Gasteiger partial charge in [-0.25, -0.2) is 0 Å². The molecule has 130 valence electrons. The predicted molar refractivity (Wildman–Crippen MR) is 67.2 cm³/mol.